The van der Waals surface area contributed by atoms with Gasteiger partial charge in [-0.15, -0.1) is 10.2 Å². The molecule has 0 spiro atoms. The first-order valence-electron chi connectivity index (χ1n) is 6.53. The summed E-state index contributed by atoms with van der Waals surface area (Å²) in [6.45, 7) is 6.09. The Bertz CT molecular complexity index is 559. The first-order valence-corrected chi connectivity index (χ1v) is 6.53. The maximum Gasteiger partial charge on any atom is 0.140 e. The summed E-state index contributed by atoms with van der Waals surface area (Å²) in [7, 11) is 0. The van der Waals surface area contributed by atoms with Crippen molar-refractivity contribution in [1.29, 1.82) is 0 Å². The van der Waals surface area contributed by atoms with Gasteiger partial charge in [0.15, 0.2) is 0 Å². The van der Waals surface area contributed by atoms with Gasteiger partial charge in [0.25, 0.3) is 0 Å². The van der Waals surface area contributed by atoms with E-state index < -0.39 is 0 Å². The number of para-hydroxylation sites is 1. The zero-order valence-electron chi connectivity index (χ0n) is 10.8. The number of rotatable bonds is 2. The molecule has 1 aromatic heterocycles. The first-order chi connectivity index (χ1) is 8.81. The van der Waals surface area contributed by atoms with E-state index in [1.807, 2.05) is 6.92 Å². The second kappa shape index (κ2) is 4.44. The van der Waals surface area contributed by atoms with Gasteiger partial charge < -0.3 is 9.88 Å². The number of fused-ring (bicyclic) bond motifs is 1. The van der Waals surface area contributed by atoms with E-state index in [-0.39, 0.29) is 0 Å². The van der Waals surface area contributed by atoms with Gasteiger partial charge in [-0.3, -0.25) is 0 Å². The molecule has 0 radical (unpaired) electrons. The molecule has 0 amide bonds. The fourth-order valence-electron chi connectivity index (χ4n) is 2.78. The number of nitrogens with one attached hydrogen (secondary N) is 1. The van der Waals surface area contributed by atoms with Crippen LogP contribution in [0.1, 0.15) is 36.5 Å². The summed E-state index contributed by atoms with van der Waals surface area (Å²) >= 11 is 0. The zero-order chi connectivity index (χ0) is 12.5. The van der Waals surface area contributed by atoms with Crippen LogP contribution in [-0.2, 0) is 6.54 Å². The van der Waals surface area contributed by atoms with E-state index in [4.69, 9.17) is 0 Å². The molecule has 1 unspecified atom stereocenters. The molecular formula is C14H18N4. The van der Waals surface area contributed by atoms with Crippen molar-refractivity contribution in [2.45, 2.75) is 32.7 Å². The molecule has 0 saturated heterocycles. The van der Waals surface area contributed by atoms with E-state index >= 15 is 0 Å². The highest BCUT2D eigenvalue weighted by atomic mass is 15.3. The Morgan fingerprint density at radius 1 is 1.33 bits per heavy atom. The van der Waals surface area contributed by atoms with Gasteiger partial charge in [-0.1, -0.05) is 18.2 Å². The molecule has 1 aliphatic heterocycles. The fourth-order valence-corrected chi connectivity index (χ4v) is 2.78. The Hall–Kier alpha value is -1.84. The maximum atomic E-state index is 4.39. The number of nitrogens with zero attached hydrogens (tertiary/aromatic N) is 3. The Balaban J connectivity index is 2.08. The van der Waals surface area contributed by atoms with Gasteiger partial charge in [0, 0.05) is 24.7 Å². The summed E-state index contributed by atoms with van der Waals surface area (Å²) < 4.78 is 2.22. The molecule has 1 atom stereocenters. The minimum absolute atomic E-state index is 0.364. The normalized spacial score (nSPS) is 18.2. The predicted molar refractivity (Wildman–Crippen MR) is 71.8 cm³/mol. The number of hydrogen-bond donors (Lipinski definition) is 1. The molecule has 2 heterocycles. The van der Waals surface area contributed by atoms with Crippen LogP contribution in [0.3, 0.4) is 0 Å². The lowest BCUT2D eigenvalue weighted by Crippen LogP contribution is -2.20. The molecule has 0 aliphatic carbocycles. The summed E-state index contributed by atoms with van der Waals surface area (Å²) in [5.41, 5.74) is 2.57. The number of aryl methyl sites for hydroxylation is 1. The van der Waals surface area contributed by atoms with Crippen molar-refractivity contribution in [2.75, 3.05) is 11.9 Å². The number of benzene rings is 1. The van der Waals surface area contributed by atoms with Crippen molar-refractivity contribution in [2.24, 2.45) is 0 Å². The number of hydrogen-bond acceptors (Lipinski definition) is 3. The van der Waals surface area contributed by atoms with Crippen molar-refractivity contribution in [3.8, 4) is 0 Å². The molecule has 18 heavy (non-hydrogen) atoms. The average molecular weight is 242 g/mol. The second-order valence-corrected chi connectivity index (χ2v) is 4.70. The van der Waals surface area contributed by atoms with Crippen LogP contribution in [0, 0.1) is 6.92 Å². The van der Waals surface area contributed by atoms with Crippen molar-refractivity contribution in [3.05, 3.63) is 41.5 Å². The van der Waals surface area contributed by atoms with Crippen molar-refractivity contribution in [3.63, 3.8) is 0 Å². The molecule has 2 aromatic rings. The van der Waals surface area contributed by atoms with Gasteiger partial charge in [-0.2, -0.15) is 0 Å². The summed E-state index contributed by atoms with van der Waals surface area (Å²) in [6.07, 6.45) is 1.08. The zero-order valence-corrected chi connectivity index (χ0v) is 10.8. The van der Waals surface area contributed by atoms with Crippen molar-refractivity contribution in [1.82, 2.24) is 14.8 Å². The highest BCUT2D eigenvalue weighted by Gasteiger charge is 2.25. The third-order valence-corrected chi connectivity index (χ3v) is 3.68. The largest absolute Gasteiger partial charge is 0.385 e. The van der Waals surface area contributed by atoms with E-state index in [9.17, 15) is 0 Å². The summed E-state index contributed by atoms with van der Waals surface area (Å²) in [6, 6.07) is 8.50. The van der Waals surface area contributed by atoms with Gasteiger partial charge >= 0.3 is 0 Å². The SMILES string of the molecule is CCn1c(C)nnc1C1CCNc2ccccc21. The monoisotopic (exact) mass is 242 g/mol. The second-order valence-electron chi connectivity index (χ2n) is 4.70. The lowest BCUT2D eigenvalue weighted by atomic mass is 9.90. The molecule has 1 aliphatic rings. The molecular weight excluding hydrogens is 224 g/mol. The summed E-state index contributed by atoms with van der Waals surface area (Å²) in [4.78, 5) is 0. The number of anilines is 1. The highest BCUT2D eigenvalue weighted by Crippen LogP contribution is 2.35. The van der Waals surface area contributed by atoms with Crippen LogP contribution in [0.15, 0.2) is 24.3 Å². The van der Waals surface area contributed by atoms with Crippen LogP contribution in [0.5, 0.6) is 0 Å². The van der Waals surface area contributed by atoms with Crippen LogP contribution in [0.25, 0.3) is 0 Å². The Kier molecular flexibility index (Phi) is 2.78. The van der Waals surface area contributed by atoms with E-state index in [0.29, 0.717) is 5.92 Å². The minimum Gasteiger partial charge on any atom is -0.385 e. The first kappa shape index (κ1) is 11.3. The van der Waals surface area contributed by atoms with E-state index in [1.165, 1.54) is 11.3 Å². The Morgan fingerprint density at radius 3 is 3.00 bits per heavy atom. The quantitative estimate of drug-likeness (QED) is 0.880. The maximum absolute atomic E-state index is 4.39. The Labute approximate surface area is 107 Å². The fraction of sp³-hybridized carbons (Fsp3) is 0.429. The van der Waals surface area contributed by atoms with Crippen molar-refractivity contribution >= 4 is 5.69 Å². The van der Waals surface area contributed by atoms with Crippen LogP contribution in [0.4, 0.5) is 5.69 Å². The number of aromatic nitrogens is 3. The molecule has 4 nitrogen and oxygen atoms in total. The van der Waals surface area contributed by atoms with Gasteiger partial charge in [-0.05, 0) is 31.9 Å². The van der Waals surface area contributed by atoms with E-state index in [1.54, 1.807) is 0 Å². The minimum atomic E-state index is 0.364. The van der Waals surface area contributed by atoms with Gasteiger partial charge in [0.2, 0.25) is 0 Å². The lowest BCUT2D eigenvalue weighted by Gasteiger charge is -2.26. The summed E-state index contributed by atoms with van der Waals surface area (Å²) in [5.74, 6) is 2.47. The van der Waals surface area contributed by atoms with Crippen LogP contribution in [0.2, 0.25) is 0 Å². The molecule has 0 bridgehead atoms. The van der Waals surface area contributed by atoms with E-state index in [2.05, 4.69) is 51.3 Å². The predicted octanol–water partition coefficient (Wildman–Crippen LogP) is 2.55. The van der Waals surface area contributed by atoms with Crippen LogP contribution < -0.4 is 5.32 Å². The standard InChI is InChI=1S/C14H18N4/c1-3-18-10(2)16-17-14(18)12-8-9-15-13-7-5-4-6-11(12)13/h4-7,12,15H,3,8-9H2,1-2H3. The van der Waals surface area contributed by atoms with Gasteiger partial charge in [-0.25, -0.2) is 0 Å². The third kappa shape index (κ3) is 1.68. The highest BCUT2D eigenvalue weighted by molar-refractivity contribution is 5.56. The third-order valence-electron chi connectivity index (χ3n) is 3.68. The van der Waals surface area contributed by atoms with Gasteiger partial charge in [0.05, 0.1) is 0 Å². The molecule has 0 fully saturated rings. The van der Waals surface area contributed by atoms with Crippen LogP contribution in [-0.4, -0.2) is 21.3 Å². The molecule has 0 saturated carbocycles. The van der Waals surface area contributed by atoms with Gasteiger partial charge in [0.1, 0.15) is 11.6 Å². The van der Waals surface area contributed by atoms with Crippen molar-refractivity contribution < 1.29 is 0 Å². The smallest absolute Gasteiger partial charge is 0.140 e. The van der Waals surface area contributed by atoms with E-state index in [0.717, 1.165) is 31.2 Å². The summed E-state index contributed by atoms with van der Waals surface area (Å²) in [5, 5.41) is 12.1. The molecule has 4 heteroatoms. The molecule has 1 N–H and O–H groups in total. The molecule has 94 valence electrons. The van der Waals surface area contributed by atoms with Crippen LogP contribution >= 0.6 is 0 Å². The average Bonchev–Trinajstić information content (AvgIpc) is 2.79. The lowest BCUT2D eigenvalue weighted by molar-refractivity contribution is 0.603. The Morgan fingerprint density at radius 2 is 2.17 bits per heavy atom. The topological polar surface area (TPSA) is 42.7 Å². The molecule has 3 rings (SSSR count). The molecule has 1 aromatic carbocycles.